The molecular weight excluding hydrogens is 383 g/mol. The van der Waals surface area contributed by atoms with E-state index in [1.165, 1.54) is 24.5 Å². The van der Waals surface area contributed by atoms with Crippen LogP contribution in [0.2, 0.25) is 5.02 Å². The second kappa shape index (κ2) is 8.39. The maximum absolute atomic E-state index is 13.1. The Balaban J connectivity index is 2.30. The second-order valence-corrected chi connectivity index (χ2v) is 6.02. The topological polar surface area (TPSA) is 62.3 Å². The lowest BCUT2D eigenvalue weighted by molar-refractivity contribution is -0.136. The third kappa shape index (κ3) is 4.97. The van der Waals surface area contributed by atoms with Gasteiger partial charge >= 0.3 is 6.18 Å². The molecule has 2 aromatic rings. The third-order valence-electron chi connectivity index (χ3n) is 3.83. The SMILES string of the molecule is CCN(CC)C(=O)c1cncc(C(=O)Nc2ccc(Cl)cc2C(F)(F)F)c1. The van der Waals surface area contributed by atoms with E-state index in [0.29, 0.717) is 13.1 Å². The fraction of sp³-hybridized carbons (Fsp3) is 0.278. The normalized spacial score (nSPS) is 11.2. The van der Waals surface area contributed by atoms with Gasteiger partial charge in [0, 0.05) is 30.5 Å². The summed E-state index contributed by atoms with van der Waals surface area (Å²) in [5.74, 6) is -1.13. The molecule has 0 spiro atoms. The number of carbonyl (C=O) groups excluding carboxylic acids is 2. The van der Waals surface area contributed by atoms with Crippen molar-refractivity contribution in [3.8, 4) is 0 Å². The zero-order valence-electron chi connectivity index (χ0n) is 14.6. The molecule has 0 bridgehead atoms. The van der Waals surface area contributed by atoms with Crippen LogP contribution >= 0.6 is 11.6 Å². The summed E-state index contributed by atoms with van der Waals surface area (Å²) in [6.45, 7) is 4.58. The van der Waals surface area contributed by atoms with E-state index in [4.69, 9.17) is 11.6 Å². The number of amides is 2. The molecule has 1 aromatic carbocycles. The molecule has 0 saturated heterocycles. The van der Waals surface area contributed by atoms with Crippen LogP contribution in [-0.4, -0.2) is 34.8 Å². The summed E-state index contributed by atoms with van der Waals surface area (Å²) in [5.41, 5.74) is -1.35. The number of alkyl halides is 3. The van der Waals surface area contributed by atoms with E-state index >= 15 is 0 Å². The van der Waals surface area contributed by atoms with E-state index in [9.17, 15) is 22.8 Å². The van der Waals surface area contributed by atoms with Gasteiger partial charge in [-0.05, 0) is 38.1 Å². The zero-order valence-corrected chi connectivity index (χ0v) is 15.4. The maximum atomic E-state index is 13.1. The van der Waals surface area contributed by atoms with E-state index in [-0.39, 0.29) is 22.1 Å². The molecule has 0 aliphatic heterocycles. The molecule has 0 aliphatic rings. The largest absolute Gasteiger partial charge is 0.418 e. The Hall–Kier alpha value is -2.61. The Kier molecular flexibility index (Phi) is 6.43. The van der Waals surface area contributed by atoms with Crippen molar-refractivity contribution >= 4 is 29.1 Å². The van der Waals surface area contributed by atoms with Crippen molar-refractivity contribution in [3.63, 3.8) is 0 Å². The van der Waals surface area contributed by atoms with Gasteiger partial charge in [-0.3, -0.25) is 14.6 Å². The van der Waals surface area contributed by atoms with Crippen molar-refractivity contribution < 1.29 is 22.8 Å². The maximum Gasteiger partial charge on any atom is 0.418 e. The summed E-state index contributed by atoms with van der Waals surface area (Å²) in [5, 5.41) is 2.10. The quantitative estimate of drug-likeness (QED) is 0.805. The molecule has 0 atom stereocenters. The molecule has 5 nitrogen and oxygen atoms in total. The molecule has 1 heterocycles. The molecular formula is C18H17ClF3N3O2. The lowest BCUT2D eigenvalue weighted by Crippen LogP contribution is -2.30. The lowest BCUT2D eigenvalue weighted by Gasteiger charge is -2.18. The highest BCUT2D eigenvalue weighted by Gasteiger charge is 2.34. The Bertz CT molecular complexity index is 852. The minimum Gasteiger partial charge on any atom is -0.339 e. The summed E-state index contributed by atoms with van der Waals surface area (Å²) >= 11 is 5.62. The van der Waals surface area contributed by atoms with Gasteiger partial charge in [0.2, 0.25) is 0 Å². The highest BCUT2D eigenvalue weighted by atomic mass is 35.5. The number of anilines is 1. The van der Waals surface area contributed by atoms with E-state index in [1.54, 1.807) is 4.90 Å². The highest BCUT2D eigenvalue weighted by Crippen LogP contribution is 2.36. The standard InChI is InChI=1S/C18H17ClF3N3O2/c1-3-25(4-2)17(27)12-7-11(9-23-10-12)16(26)24-15-6-5-13(19)8-14(15)18(20,21)22/h5-10H,3-4H2,1-2H3,(H,24,26). The predicted molar refractivity (Wildman–Crippen MR) is 95.9 cm³/mol. The Morgan fingerprint density at radius 2 is 1.74 bits per heavy atom. The number of nitrogens with one attached hydrogen (secondary N) is 1. The summed E-state index contributed by atoms with van der Waals surface area (Å²) < 4.78 is 39.4. The third-order valence-corrected chi connectivity index (χ3v) is 4.07. The summed E-state index contributed by atoms with van der Waals surface area (Å²) in [4.78, 5) is 30.1. The van der Waals surface area contributed by atoms with Crippen molar-refractivity contribution in [1.29, 1.82) is 0 Å². The average Bonchev–Trinajstić information content (AvgIpc) is 2.63. The number of pyridine rings is 1. The molecule has 0 saturated carbocycles. The first-order valence-electron chi connectivity index (χ1n) is 8.09. The monoisotopic (exact) mass is 399 g/mol. The number of aromatic nitrogens is 1. The fourth-order valence-corrected chi connectivity index (χ4v) is 2.60. The van der Waals surface area contributed by atoms with Gasteiger partial charge in [0.1, 0.15) is 0 Å². The Morgan fingerprint density at radius 1 is 1.11 bits per heavy atom. The number of benzene rings is 1. The Morgan fingerprint density at radius 3 is 2.33 bits per heavy atom. The van der Waals surface area contributed by atoms with Gasteiger partial charge in [-0.2, -0.15) is 13.2 Å². The fourth-order valence-electron chi connectivity index (χ4n) is 2.43. The number of hydrogen-bond acceptors (Lipinski definition) is 3. The second-order valence-electron chi connectivity index (χ2n) is 5.58. The Labute approximate surface area is 159 Å². The molecule has 144 valence electrons. The van der Waals surface area contributed by atoms with Gasteiger partial charge in [-0.15, -0.1) is 0 Å². The smallest absolute Gasteiger partial charge is 0.339 e. The zero-order chi connectivity index (χ0) is 20.2. The molecule has 1 N–H and O–H groups in total. The van der Waals surface area contributed by atoms with Gasteiger partial charge in [0.25, 0.3) is 11.8 Å². The van der Waals surface area contributed by atoms with Crippen molar-refractivity contribution in [3.05, 3.63) is 58.4 Å². The van der Waals surface area contributed by atoms with Crippen LogP contribution in [0.1, 0.15) is 40.1 Å². The summed E-state index contributed by atoms with van der Waals surface area (Å²) in [6, 6.07) is 4.34. The molecule has 1 aromatic heterocycles. The van der Waals surface area contributed by atoms with Crippen molar-refractivity contribution in [1.82, 2.24) is 9.88 Å². The van der Waals surface area contributed by atoms with Crippen LogP contribution in [0.15, 0.2) is 36.7 Å². The average molecular weight is 400 g/mol. The number of hydrogen-bond donors (Lipinski definition) is 1. The summed E-state index contributed by atoms with van der Waals surface area (Å²) in [7, 11) is 0. The first kappa shape index (κ1) is 20.7. The van der Waals surface area contributed by atoms with Crippen LogP contribution in [0.4, 0.5) is 18.9 Å². The highest BCUT2D eigenvalue weighted by molar-refractivity contribution is 6.30. The van der Waals surface area contributed by atoms with Crippen molar-refractivity contribution in [2.24, 2.45) is 0 Å². The van der Waals surface area contributed by atoms with Crippen molar-refractivity contribution in [2.45, 2.75) is 20.0 Å². The predicted octanol–water partition coefficient (Wildman–Crippen LogP) is 4.49. The van der Waals surface area contributed by atoms with E-state index in [2.05, 4.69) is 10.3 Å². The van der Waals surface area contributed by atoms with E-state index < -0.39 is 23.3 Å². The van der Waals surface area contributed by atoms with Crippen LogP contribution in [-0.2, 0) is 6.18 Å². The van der Waals surface area contributed by atoms with Crippen LogP contribution < -0.4 is 5.32 Å². The van der Waals surface area contributed by atoms with Crippen LogP contribution in [0.3, 0.4) is 0 Å². The molecule has 9 heteroatoms. The van der Waals surface area contributed by atoms with Gasteiger partial charge in [-0.25, -0.2) is 0 Å². The van der Waals surface area contributed by atoms with Gasteiger partial charge in [0.05, 0.1) is 22.4 Å². The lowest BCUT2D eigenvalue weighted by atomic mass is 10.1. The van der Waals surface area contributed by atoms with Crippen molar-refractivity contribution in [2.75, 3.05) is 18.4 Å². The first-order valence-corrected chi connectivity index (χ1v) is 8.47. The van der Waals surface area contributed by atoms with Crippen LogP contribution in [0, 0.1) is 0 Å². The molecule has 2 amide bonds. The van der Waals surface area contributed by atoms with Gasteiger partial charge in [-0.1, -0.05) is 11.6 Å². The molecule has 0 fully saturated rings. The molecule has 2 rings (SSSR count). The van der Waals surface area contributed by atoms with E-state index in [0.717, 1.165) is 12.1 Å². The van der Waals surface area contributed by atoms with Crippen LogP contribution in [0.5, 0.6) is 0 Å². The van der Waals surface area contributed by atoms with E-state index in [1.807, 2.05) is 13.8 Å². The van der Waals surface area contributed by atoms with Gasteiger partial charge in [0.15, 0.2) is 0 Å². The first-order chi connectivity index (χ1) is 12.7. The molecule has 27 heavy (non-hydrogen) atoms. The minimum atomic E-state index is -4.69. The minimum absolute atomic E-state index is 0.0314. The van der Waals surface area contributed by atoms with Gasteiger partial charge < -0.3 is 10.2 Å². The molecule has 0 radical (unpaired) electrons. The molecule has 0 unspecified atom stereocenters. The number of nitrogens with zero attached hydrogens (tertiary/aromatic N) is 2. The molecule has 0 aliphatic carbocycles. The summed E-state index contributed by atoms with van der Waals surface area (Å²) in [6.07, 6.45) is -2.20. The number of rotatable bonds is 5. The number of carbonyl (C=O) groups is 2. The van der Waals surface area contributed by atoms with Crippen LogP contribution in [0.25, 0.3) is 0 Å². The number of halogens is 4.